The number of para-hydroxylation sites is 1. The lowest BCUT2D eigenvalue weighted by atomic mass is 10.0. The summed E-state index contributed by atoms with van der Waals surface area (Å²) >= 11 is 3.34. The zero-order valence-corrected chi connectivity index (χ0v) is 19.1. The van der Waals surface area contributed by atoms with Crippen LogP contribution in [-0.2, 0) is 10.0 Å². The van der Waals surface area contributed by atoms with Gasteiger partial charge in [-0.1, -0.05) is 40.5 Å². The fraction of sp³-hybridized carbons (Fsp3) is 0.429. The van der Waals surface area contributed by atoms with Gasteiger partial charge < -0.3 is 9.47 Å². The van der Waals surface area contributed by atoms with Gasteiger partial charge in [-0.25, -0.2) is 13.1 Å². The summed E-state index contributed by atoms with van der Waals surface area (Å²) in [4.78, 5) is 2.45. The predicted molar refractivity (Wildman–Crippen MR) is 117 cm³/mol. The Hall–Kier alpha value is -1.61. The van der Waals surface area contributed by atoms with Gasteiger partial charge in [0, 0.05) is 16.6 Å². The molecular weight excluding hydrogens is 456 g/mol. The lowest BCUT2D eigenvalue weighted by Gasteiger charge is -2.35. The number of nitrogens with zero attached hydrogens (tertiary/aromatic N) is 1. The van der Waals surface area contributed by atoms with Crippen LogP contribution >= 0.6 is 15.9 Å². The van der Waals surface area contributed by atoms with Crippen LogP contribution in [0.4, 0.5) is 0 Å². The highest BCUT2D eigenvalue weighted by molar-refractivity contribution is 9.10. The number of likely N-dealkylation sites (tertiary alicyclic amines) is 1. The van der Waals surface area contributed by atoms with Crippen LogP contribution in [0.1, 0.15) is 30.9 Å². The first-order valence-electron chi connectivity index (χ1n) is 9.66. The molecule has 1 N–H and O–H groups in total. The molecule has 0 spiro atoms. The van der Waals surface area contributed by atoms with E-state index in [1.807, 2.05) is 24.3 Å². The molecule has 1 unspecified atom stereocenters. The highest BCUT2D eigenvalue weighted by atomic mass is 79.9. The molecule has 0 aliphatic carbocycles. The van der Waals surface area contributed by atoms with Crippen molar-refractivity contribution in [2.75, 3.05) is 33.9 Å². The molecule has 0 bridgehead atoms. The molecule has 29 heavy (non-hydrogen) atoms. The molecule has 1 aliphatic rings. The zero-order valence-electron chi connectivity index (χ0n) is 16.7. The van der Waals surface area contributed by atoms with Gasteiger partial charge in [-0.3, -0.25) is 4.90 Å². The van der Waals surface area contributed by atoms with E-state index in [-0.39, 0.29) is 17.5 Å². The Kier molecular flexibility index (Phi) is 7.56. The van der Waals surface area contributed by atoms with E-state index in [1.54, 1.807) is 25.3 Å². The normalized spacial score (nSPS) is 16.4. The fourth-order valence-electron chi connectivity index (χ4n) is 3.73. The maximum Gasteiger partial charge on any atom is 0.244 e. The molecule has 0 aromatic heterocycles. The van der Waals surface area contributed by atoms with Gasteiger partial charge in [0.15, 0.2) is 0 Å². The van der Waals surface area contributed by atoms with E-state index in [1.165, 1.54) is 13.5 Å². The van der Waals surface area contributed by atoms with Crippen molar-refractivity contribution in [3.05, 3.63) is 52.5 Å². The van der Waals surface area contributed by atoms with E-state index < -0.39 is 10.0 Å². The van der Waals surface area contributed by atoms with Gasteiger partial charge in [0.25, 0.3) is 0 Å². The van der Waals surface area contributed by atoms with E-state index in [9.17, 15) is 8.42 Å². The number of ether oxygens (including phenoxy) is 2. The van der Waals surface area contributed by atoms with Crippen molar-refractivity contribution >= 4 is 26.0 Å². The number of piperidine rings is 1. The molecule has 2 aromatic rings. The number of rotatable bonds is 8. The summed E-state index contributed by atoms with van der Waals surface area (Å²) in [6.07, 6.45) is 3.42. The number of nitrogens with one attached hydrogen (secondary N) is 1. The Bertz CT molecular complexity index is 930. The highest BCUT2D eigenvalue weighted by Crippen LogP contribution is 2.32. The molecule has 1 atom stereocenters. The van der Waals surface area contributed by atoms with Crippen molar-refractivity contribution in [2.45, 2.75) is 30.2 Å². The number of benzene rings is 2. The SMILES string of the molecule is COc1ccccc1C(CNS(=O)(=O)c1cc(Br)ccc1OC)N1CCCCC1. The summed E-state index contributed by atoms with van der Waals surface area (Å²) in [5, 5.41) is 0. The average Bonchev–Trinajstić information content (AvgIpc) is 2.75. The number of methoxy groups -OCH3 is 2. The minimum atomic E-state index is -3.76. The molecule has 6 nitrogen and oxygen atoms in total. The first-order chi connectivity index (χ1) is 14.0. The molecule has 0 amide bonds. The third-order valence-corrected chi connectivity index (χ3v) is 7.15. The first kappa shape index (κ1) is 22.1. The van der Waals surface area contributed by atoms with Gasteiger partial charge in [-0.2, -0.15) is 0 Å². The van der Waals surface area contributed by atoms with Crippen LogP contribution in [0.3, 0.4) is 0 Å². The predicted octanol–water partition coefficient (Wildman–Crippen LogP) is 3.97. The molecule has 1 fully saturated rings. The van der Waals surface area contributed by atoms with Crippen LogP contribution < -0.4 is 14.2 Å². The van der Waals surface area contributed by atoms with Crippen molar-refractivity contribution < 1.29 is 17.9 Å². The topological polar surface area (TPSA) is 67.9 Å². The Labute approximate surface area is 181 Å². The Balaban J connectivity index is 1.89. The molecule has 0 saturated carbocycles. The lowest BCUT2D eigenvalue weighted by molar-refractivity contribution is 0.162. The quantitative estimate of drug-likeness (QED) is 0.616. The highest BCUT2D eigenvalue weighted by Gasteiger charge is 2.28. The molecule has 8 heteroatoms. The Morgan fingerprint density at radius 3 is 2.41 bits per heavy atom. The fourth-order valence-corrected chi connectivity index (χ4v) is 5.48. The van der Waals surface area contributed by atoms with Crippen molar-refractivity contribution in [2.24, 2.45) is 0 Å². The van der Waals surface area contributed by atoms with E-state index in [0.717, 1.165) is 37.2 Å². The first-order valence-corrected chi connectivity index (χ1v) is 11.9. The maximum atomic E-state index is 13.1. The van der Waals surface area contributed by atoms with Gasteiger partial charge in [-0.05, 0) is 50.2 Å². The van der Waals surface area contributed by atoms with E-state index in [0.29, 0.717) is 10.2 Å². The standard InChI is InChI=1S/C21H27BrN2O4S/c1-27-19-9-5-4-8-17(19)18(24-12-6-3-7-13-24)15-23-29(25,26)21-14-16(22)10-11-20(21)28-2/h4-5,8-11,14,18,23H,3,6-7,12-13,15H2,1-2H3. The van der Waals surface area contributed by atoms with Crippen LogP contribution in [-0.4, -0.2) is 47.2 Å². The molecule has 1 heterocycles. The number of hydrogen-bond acceptors (Lipinski definition) is 5. The summed E-state index contributed by atoms with van der Waals surface area (Å²) in [6.45, 7) is 2.12. The molecule has 2 aromatic carbocycles. The third-order valence-electron chi connectivity index (χ3n) is 5.21. The zero-order chi connectivity index (χ0) is 20.9. The second kappa shape index (κ2) is 9.93. The van der Waals surface area contributed by atoms with Crippen LogP contribution in [0.5, 0.6) is 11.5 Å². The van der Waals surface area contributed by atoms with Crippen molar-refractivity contribution in [3.8, 4) is 11.5 Å². The molecule has 1 saturated heterocycles. The second-order valence-corrected chi connectivity index (χ2v) is 9.65. The van der Waals surface area contributed by atoms with Gasteiger partial charge in [0.2, 0.25) is 10.0 Å². The number of hydrogen-bond donors (Lipinski definition) is 1. The van der Waals surface area contributed by atoms with Crippen molar-refractivity contribution in [3.63, 3.8) is 0 Å². The smallest absolute Gasteiger partial charge is 0.244 e. The summed E-state index contributed by atoms with van der Waals surface area (Å²) in [5.41, 5.74) is 0.987. The molecular formula is C21H27BrN2O4S. The molecule has 3 rings (SSSR count). The molecule has 158 valence electrons. The Morgan fingerprint density at radius 2 is 1.72 bits per heavy atom. The summed E-state index contributed by atoms with van der Waals surface area (Å²) < 4.78 is 40.4. The minimum Gasteiger partial charge on any atom is -0.496 e. The van der Waals surface area contributed by atoms with Crippen molar-refractivity contribution in [1.82, 2.24) is 9.62 Å². The van der Waals surface area contributed by atoms with Crippen LogP contribution in [0.15, 0.2) is 51.8 Å². The van der Waals surface area contributed by atoms with Crippen LogP contribution in [0, 0.1) is 0 Å². The van der Waals surface area contributed by atoms with Gasteiger partial charge in [0.1, 0.15) is 16.4 Å². The summed E-state index contributed by atoms with van der Waals surface area (Å²) in [7, 11) is -0.652. The summed E-state index contributed by atoms with van der Waals surface area (Å²) in [6, 6.07) is 12.6. The Morgan fingerprint density at radius 1 is 1.03 bits per heavy atom. The molecule has 0 radical (unpaired) electrons. The maximum absolute atomic E-state index is 13.1. The van der Waals surface area contributed by atoms with Crippen molar-refractivity contribution in [1.29, 1.82) is 0 Å². The van der Waals surface area contributed by atoms with E-state index >= 15 is 0 Å². The summed E-state index contributed by atoms with van der Waals surface area (Å²) in [5.74, 6) is 1.08. The largest absolute Gasteiger partial charge is 0.496 e. The van der Waals surface area contributed by atoms with Crippen LogP contribution in [0.25, 0.3) is 0 Å². The van der Waals surface area contributed by atoms with Gasteiger partial charge in [-0.15, -0.1) is 0 Å². The number of sulfonamides is 1. The van der Waals surface area contributed by atoms with E-state index in [4.69, 9.17) is 9.47 Å². The second-order valence-electron chi connectivity index (χ2n) is 7.00. The van der Waals surface area contributed by atoms with Gasteiger partial charge in [0.05, 0.1) is 20.3 Å². The lowest BCUT2D eigenvalue weighted by Crippen LogP contribution is -2.40. The van der Waals surface area contributed by atoms with Gasteiger partial charge >= 0.3 is 0 Å². The van der Waals surface area contributed by atoms with E-state index in [2.05, 4.69) is 25.6 Å². The van der Waals surface area contributed by atoms with Crippen LogP contribution in [0.2, 0.25) is 0 Å². The molecule has 1 aliphatic heterocycles. The minimum absolute atomic E-state index is 0.112. The number of halogens is 1. The third kappa shape index (κ3) is 5.31. The average molecular weight is 483 g/mol. The monoisotopic (exact) mass is 482 g/mol.